The molecule has 0 aliphatic carbocycles. The molecule has 1 saturated heterocycles. The van der Waals surface area contributed by atoms with Gasteiger partial charge in [-0.3, -0.25) is 28.7 Å². The monoisotopic (exact) mass is 1040 g/mol. The highest BCUT2D eigenvalue weighted by molar-refractivity contribution is 7.13. The third-order valence-electron chi connectivity index (χ3n) is 13.0. The smallest absolute Gasteiger partial charge is 0.246 e. The highest BCUT2D eigenvalue weighted by Gasteiger charge is 2.45. The van der Waals surface area contributed by atoms with Crippen LogP contribution in [-0.4, -0.2) is 153 Å². The van der Waals surface area contributed by atoms with Crippen molar-refractivity contribution in [3.8, 4) is 16.3 Å². The second-order valence-corrected chi connectivity index (χ2v) is 21.0. The Morgan fingerprint density at radius 1 is 0.904 bits per heavy atom. The molecule has 2 aliphatic heterocycles. The Labute approximate surface area is 435 Å². The lowest BCUT2D eigenvalue weighted by atomic mass is 9.85. The minimum Gasteiger partial charge on any atom is -0.391 e. The molecule has 5 aromatic rings. The fourth-order valence-corrected chi connectivity index (χ4v) is 9.98. The summed E-state index contributed by atoms with van der Waals surface area (Å²) in [5.74, 6) is 0.967. The van der Waals surface area contributed by atoms with Crippen molar-refractivity contribution < 1.29 is 43.2 Å². The minimum absolute atomic E-state index is 0.0176. The SMILES string of the molecule is Cc1ncsc1-c1ccc(CN(C)C(=O)[C@@H]2C[C@@H](O)CN2C(=O)C(NC(=O)COCCOCCOCCOCCCC(=O)CC2N=C(c3ccc(Cl)cc3)c3c([nH]c(C)c3C)-n3c(C)nnc32)C(C)(C)C)cc1. The molecule has 0 radical (unpaired) electrons. The molecular weight excluding hydrogens is 974 g/mol. The Hall–Kier alpha value is -5.67. The summed E-state index contributed by atoms with van der Waals surface area (Å²) >= 11 is 7.81. The number of aliphatic hydroxyl groups excluding tert-OH is 1. The highest BCUT2D eigenvalue weighted by atomic mass is 35.5. The number of carbonyl (C=O) groups excluding carboxylic acids is 4. The number of likely N-dealkylation sites (tertiary alicyclic amines) is 1. The van der Waals surface area contributed by atoms with E-state index in [9.17, 15) is 24.3 Å². The summed E-state index contributed by atoms with van der Waals surface area (Å²) in [7, 11) is 1.68. The van der Waals surface area contributed by atoms with Gasteiger partial charge in [-0.05, 0) is 68.4 Å². The van der Waals surface area contributed by atoms with E-state index in [1.807, 2.05) is 100 Å². The van der Waals surface area contributed by atoms with Gasteiger partial charge >= 0.3 is 0 Å². The predicted molar refractivity (Wildman–Crippen MR) is 278 cm³/mol. The molecule has 3 aromatic heterocycles. The number of aromatic nitrogens is 5. The van der Waals surface area contributed by atoms with Crippen molar-refractivity contribution in [1.82, 2.24) is 39.8 Å². The number of thiazole rings is 1. The van der Waals surface area contributed by atoms with Crippen LogP contribution in [-0.2, 0) is 44.7 Å². The Morgan fingerprint density at radius 3 is 2.19 bits per heavy atom. The molecule has 5 heterocycles. The second-order valence-electron chi connectivity index (χ2n) is 19.7. The number of amides is 3. The number of halogens is 1. The zero-order valence-corrected chi connectivity index (χ0v) is 44.6. The van der Waals surface area contributed by atoms with Gasteiger partial charge in [0, 0.05) is 67.8 Å². The number of β-amino-alcohol motifs (C(OH)–C–C–N with tert-alkyl or cyclic N) is 1. The number of likely N-dealkylation sites (N-methyl/N-ethyl adjacent to an activating group) is 1. The van der Waals surface area contributed by atoms with Gasteiger partial charge in [0.2, 0.25) is 17.7 Å². The van der Waals surface area contributed by atoms with Crippen molar-refractivity contribution in [3.05, 3.63) is 104 Å². The van der Waals surface area contributed by atoms with Gasteiger partial charge < -0.3 is 44.2 Å². The standard InChI is InChI=1S/C53H68ClN9O9S/c1-32-33(2)56-50-45(32)46(37-15-17-39(54)18-16-37)57-42(49-60-59-35(4)63(49)50)26-40(64)10-9-19-69-20-21-70-22-23-71-24-25-72-30-44(66)58-48(53(5,6)7)52(68)62-29-41(65)27-43(62)51(67)61(8)28-36-11-13-38(14-12-36)47-34(3)55-31-73-47/h11-18,31,41-43,48,56,65H,9-10,19-30H2,1-8H3,(H,58,66)/t41-,42?,43+,48?/m1/s1. The van der Waals surface area contributed by atoms with Crippen LogP contribution in [0.15, 0.2) is 59.0 Å². The van der Waals surface area contributed by atoms with E-state index in [0.29, 0.717) is 69.1 Å². The Bertz CT molecular complexity index is 2730. The van der Waals surface area contributed by atoms with E-state index in [-0.39, 0.29) is 50.9 Å². The first kappa shape index (κ1) is 55.1. The maximum absolute atomic E-state index is 14.1. The molecule has 392 valence electrons. The number of nitrogens with one attached hydrogen (secondary N) is 2. The molecule has 0 saturated carbocycles. The van der Waals surface area contributed by atoms with Gasteiger partial charge in [0.1, 0.15) is 42.2 Å². The molecule has 20 heteroatoms. The quantitative estimate of drug-likeness (QED) is 0.0569. The number of fused-ring (bicyclic) bond motifs is 3. The molecule has 2 aromatic carbocycles. The molecule has 73 heavy (non-hydrogen) atoms. The molecule has 2 unspecified atom stereocenters. The lowest BCUT2D eigenvalue weighted by Crippen LogP contribution is -2.58. The highest BCUT2D eigenvalue weighted by Crippen LogP contribution is 2.36. The summed E-state index contributed by atoms with van der Waals surface area (Å²) in [5.41, 5.74) is 8.73. The van der Waals surface area contributed by atoms with Crippen molar-refractivity contribution in [1.29, 1.82) is 0 Å². The van der Waals surface area contributed by atoms with Crippen LogP contribution in [0.4, 0.5) is 0 Å². The molecule has 7 rings (SSSR count). The van der Waals surface area contributed by atoms with Crippen LogP contribution in [0.1, 0.15) is 97.8 Å². The maximum Gasteiger partial charge on any atom is 0.246 e. The summed E-state index contributed by atoms with van der Waals surface area (Å²) < 4.78 is 24.5. The summed E-state index contributed by atoms with van der Waals surface area (Å²) in [5, 5.41) is 22.9. The average Bonchev–Trinajstić information content (AvgIpc) is 4.12. The molecule has 4 atom stereocenters. The number of hydrogen-bond acceptors (Lipinski definition) is 14. The lowest BCUT2D eigenvalue weighted by Gasteiger charge is -2.36. The molecular formula is C53H68ClN9O9S. The number of hydrogen-bond donors (Lipinski definition) is 3. The van der Waals surface area contributed by atoms with E-state index in [0.717, 1.165) is 55.6 Å². The molecule has 0 spiro atoms. The van der Waals surface area contributed by atoms with Crippen molar-refractivity contribution >= 4 is 52.2 Å². The van der Waals surface area contributed by atoms with E-state index in [2.05, 4.69) is 32.4 Å². The molecule has 18 nitrogen and oxygen atoms in total. The first-order chi connectivity index (χ1) is 34.9. The topological polar surface area (TPSA) is 216 Å². The van der Waals surface area contributed by atoms with Crippen LogP contribution in [0.2, 0.25) is 5.02 Å². The Morgan fingerprint density at radius 2 is 1.55 bits per heavy atom. The largest absolute Gasteiger partial charge is 0.391 e. The summed E-state index contributed by atoms with van der Waals surface area (Å²) in [6, 6.07) is 13.1. The molecule has 1 fully saturated rings. The third kappa shape index (κ3) is 13.9. The van der Waals surface area contributed by atoms with Gasteiger partial charge in [0.05, 0.1) is 67.5 Å². The Balaban J connectivity index is 0.760. The fourth-order valence-electron chi connectivity index (χ4n) is 9.04. The Kier molecular flexibility index (Phi) is 18.9. The number of H-pyrrole nitrogens is 1. The average molecular weight is 1040 g/mol. The maximum atomic E-state index is 14.1. The van der Waals surface area contributed by atoms with Gasteiger partial charge in [0.25, 0.3) is 0 Å². The fraction of sp³-hybridized carbons (Fsp3) is 0.509. The van der Waals surface area contributed by atoms with Crippen molar-refractivity contribution in [2.45, 2.75) is 105 Å². The summed E-state index contributed by atoms with van der Waals surface area (Å²) in [6.45, 7) is 15.5. The number of aryl methyl sites for hydroxylation is 3. The number of ketones is 1. The predicted octanol–water partition coefficient (Wildman–Crippen LogP) is 6.46. The minimum atomic E-state index is -0.975. The zero-order valence-electron chi connectivity index (χ0n) is 43.0. The van der Waals surface area contributed by atoms with Crippen molar-refractivity contribution in [3.63, 3.8) is 0 Å². The van der Waals surface area contributed by atoms with Crippen molar-refractivity contribution in [2.24, 2.45) is 10.4 Å². The number of nitrogens with zero attached hydrogens (tertiary/aromatic N) is 7. The summed E-state index contributed by atoms with van der Waals surface area (Å²) in [4.78, 5) is 71.3. The van der Waals surface area contributed by atoms with Crippen LogP contribution in [0.5, 0.6) is 0 Å². The van der Waals surface area contributed by atoms with Crippen LogP contribution in [0.3, 0.4) is 0 Å². The molecule has 3 N–H and O–H groups in total. The van der Waals surface area contributed by atoms with Crippen LogP contribution in [0, 0.1) is 33.1 Å². The van der Waals surface area contributed by atoms with Gasteiger partial charge in [-0.15, -0.1) is 21.5 Å². The van der Waals surface area contributed by atoms with Gasteiger partial charge in [-0.1, -0.05) is 68.8 Å². The van der Waals surface area contributed by atoms with E-state index >= 15 is 0 Å². The van der Waals surface area contributed by atoms with E-state index in [1.54, 1.807) is 23.3 Å². The van der Waals surface area contributed by atoms with E-state index < -0.39 is 41.5 Å². The lowest BCUT2D eigenvalue weighted by molar-refractivity contribution is -0.147. The number of benzene rings is 2. The third-order valence-corrected chi connectivity index (χ3v) is 14.3. The first-order valence-electron chi connectivity index (χ1n) is 24.7. The number of Topliss-reactive ketones (excluding diaryl/α,β-unsaturated/α-hetero) is 1. The number of carbonyl (C=O) groups is 4. The summed E-state index contributed by atoms with van der Waals surface area (Å²) in [6.07, 6.45) is 0.260. The number of rotatable bonds is 24. The molecule has 3 amide bonds. The molecule has 0 bridgehead atoms. The number of aliphatic imine (C=N–C) groups is 1. The second kappa shape index (κ2) is 25.0. The number of aliphatic hydroxyl groups is 1. The molecule has 2 aliphatic rings. The van der Waals surface area contributed by atoms with Gasteiger partial charge in [-0.25, -0.2) is 4.98 Å². The normalized spacial score (nSPS) is 16.9. The number of aromatic amines is 1. The van der Waals surface area contributed by atoms with Crippen LogP contribution in [0.25, 0.3) is 16.3 Å². The van der Waals surface area contributed by atoms with Crippen LogP contribution >= 0.6 is 22.9 Å². The van der Waals surface area contributed by atoms with Gasteiger partial charge in [-0.2, -0.15) is 0 Å². The van der Waals surface area contributed by atoms with E-state index in [1.165, 1.54) is 4.90 Å². The number of ether oxygens (including phenoxy) is 4. The van der Waals surface area contributed by atoms with Crippen LogP contribution < -0.4 is 5.32 Å². The zero-order chi connectivity index (χ0) is 52.4. The first-order valence-corrected chi connectivity index (χ1v) is 26.0. The van der Waals surface area contributed by atoms with Crippen molar-refractivity contribution in [2.75, 3.05) is 66.4 Å². The van der Waals surface area contributed by atoms with Gasteiger partial charge in [0.15, 0.2) is 5.82 Å². The van der Waals surface area contributed by atoms with E-state index in [4.69, 9.17) is 35.5 Å².